The monoisotopic (exact) mass is 380 g/mol. The summed E-state index contributed by atoms with van der Waals surface area (Å²) in [6.45, 7) is 8.33. The van der Waals surface area contributed by atoms with Gasteiger partial charge in [-0.1, -0.05) is 17.7 Å². The van der Waals surface area contributed by atoms with Gasteiger partial charge in [0.1, 0.15) is 12.5 Å². The summed E-state index contributed by atoms with van der Waals surface area (Å²) in [6.07, 6.45) is 1.78. The van der Waals surface area contributed by atoms with Crippen LogP contribution < -0.4 is 26.5 Å². The highest BCUT2D eigenvalue weighted by atomic mass is 16.2. The number of rotatable bonds is 4. The molecule has 0 radical (unpaired) electrons. The number of urea groups is 1. The number of carbonyl (C=O) groups excluding carboxylic acids is 1. The van der Waals surface area contributed by atoms with Crippen molar-refractivity contribution < 1.29 is 4.79 Å². The number of benzene rings is 1. The van der Waals surface area contributed by atoms with Gasteiger partial charge in [-0.2, -0.15) is 5.10 Å². The molecule has 5 rings (SSSR count). The smallest absolute Gasteiger partial charge is 0.343 e. The maximum Gasteiger partial charge on any atom is 0.343 e. The number of nitrogens with one attached hydrogen (secondary N) is 2. The van der Waals surface area contributed by atoms with Crippen LogP contribution >= 0.6 is 0 Å². The van der Waals surface area contributed by atoms with Crippen LogP contribution in [0, 0.1) is 6.92 Å². The van der Waals surface area contributed by atoms with Crippen molar-refractivity contribution in [1.82, 2.24) is 30.4 Å². The predicted octanol–water partition coefficient (Wildman–Crippen LogP) is -0.800. The van der Waals surface area contributed by atoms with E-state index in [4.69, 9.17) is 0 Å². The fourth-order valence-electron chi connectivity index (χ4n) is 3.93. The summed E-state index contributed by atoms with van der Waals surface area (Å²) in [5.41, 5.74) is 8.97. The molecule has 0 saturated carbocycles. The quantitative estimate of drug-likeness (QED) is 0.726. The number of nitrogens with zero attached hydrogens (tertiary/aromatic N) is 6. The minimum absolute atomic E-state index is 0.177. The summed E-state index contributed by atoms with van der Waals surface area (Å²) in [5, 5.41) is 5.37. The molecule has 2 N–H and O–H groups in total. The van der Waals surface area contributed by atoms with E-state index in [1.54, 1.807) is 11.1 Å². The zero-order chi connectivity index (χ0) is 19.1. The summed E-state index contributed by atoms with van der Waals surface area (Å²) >= 11 is 0. The highest BCUT2D eigenvalue weighted by molar-refractivity contribution is 5.85. The molecule has 2 aromatic rings. The van der Waals surface area contributed by atoms with Crippen LogP contribution in [-0.2, 0) is 6.54 Å². The van der Waals surface area contributed by atoms with E-state index >= 15 is 0 Å². The number of aromatic nitrogens is 2. The molecule has 3 aliphatic rings. The van der Waals surface area contributed by atoms with Gasteiger partial charge in [-0.25, -0.2) is 19.9 Å². The number of hydrogen-bond acceptors (Lipinski definition) is 6. The van der Waals surface area contributed by atoms with E-state index in [-0.39, 0.29) is 6.03 Å². The predicted molar refractivity (Wildman–Crippen MR) is 105 cm³/mol. The molecule has 2 fully saturated rings. The molecule has 1 aromatic heterocycles. The van der Waals surface area contributed by atoms with Gasteiger partial charge < -0.3 is 4.90 Å². The molecule has 0 aliphatic carbocycles. The molecule has 146 valence electrons. The highest BCUT2D eigenvalue weighted by Gasteiger charge is 2.28. The Hall–Kier alpha value is -3.07. The third kappa shape index (κ3) is 2.97. The molecular formula is C19H24N8O. The summed E-state index contributed by atoms with van der Waals surface area (Å²) in [6, 6.07) is 8.59. The average Bonchev–Trinajstić information content (AvgIpc) is 3.31. The first-order valence-corrected chi connectivity index (χ1v) is 9.67. The normalized spacial score (nSPS) is 19.0. The first kappa shape index (κ1) is 17.1. The van der Waals surface area contributed by atoms with E-state index in [0.717, 1.165) is 55.8 Å². The summed E-state index contributed by atoms with van der Waals surface area (Å²) in [7, 11) is 0. The summed E-state index contributed by atoms with van der Waals surface area (Å²) < 4.78 is 1.94. The SMILES string of the molecule is Cc1ccc(N2CCN(CCn3ncc4c3=NCN3C(=O)NNC=43)CC2)cc1. The van der Waals surface area contributed by atoms with Gasteiger partial charge in [-0.05, 0) is 19.1 Å². The lowest BCUT2D eigenvalue weighted by Gasteiger charge is -2.36. The Kier molecular flexibility index (Phi) is 4.16. The molecule has 0 atom stereocenters. The molecule has 0 bridgehead atoms. The lowest BCUT2D eigenvalue weighted by atomic mass is 10.2. The molecule has 1 aromatic carbocycles. The molecule has 28 heavy (non-hydrogen) atoms. The first-order valence-electron chi connectivity index (χ1n) is 9.67. The highest BCUT2D eigenvalue weighted by Crippen LogP contribution is 2.17. The molecule has 0 spiro atoms. The molecule has 2 saturated heterocycles. The molecule has 9 heteroatoms. The van der Waals surface area contributed by atoms with Crippen LogP contribution in [-0.4, -0.2) is 65.0 Å². The van der Waals surface area contributed by atoms with Gasteiger partial charge in [0, 0.05) is 38.4 Å². The second kappa shape index (κ2) is 6.83. The molecule has 4 heterocycles. The lowest BCUT2D eigenvalue weighted by Crippen LogP contribution is -2.48. The molecule has 2 amide bonds. The first-order chi connectivity index (χ1) is 13.7. The number of piperazine rings is 1. The topological polar surface area (TPSA) is 81.0 Å². The van der Waals surface area contributed by atoms with E-state index in [9.17, 15) is 4.79 Å². The van der Waals surface area contributed by atoms with E-state index < -0.39 is 0 Å². The van der Waals surface area contributed by atoms with Gasteiger partial charge >= 0.3 is 6.03 Å². The van der Waals surface area contributed by atoms with Crippen LogP contribution in [0.4, 0.5) is 10.5 Å². The van der Waals surface area contributed by atoms with Crippen molar-refractivity contribution in [3.63, 3.8) is 0 Å². The molecule has 3 aliphatic heterocycles. The van der Waals surface area contributed by atoms with Gasteiger partial charge in [-0.15, -0.1) is 0 Å². The van der Waals surface area contributed by atoms with Crippen LogP contribution in [0.5, 0.6) is 0 Å². The number of anilines is 1. The second-order valence-corrected chi connectivity index (χ2v) is 7.40. The van der Waals surface area contributed by atoms with Gasteiger partial charge in [-0.3, -0.25) is 15.2 Å². The molecule has 0 unspecified atom stereocenters. The number of fused-ring (bicyclic) bond motifs is 2. The van der Waals surface area contributed by atoms with Crippen LogP contribution in [0.25, 0.3) is 5.82 Å². The average molecular weight is 380 g/mol. The van der Waals surface area contributed by atoms with Crippen LogP contribution in [0.1, 0.15) is 5.56 Å². The van der Waals surface area contributed by atoms with E-state index in [2.05, 4.69) is 61.9 Å². The maximum absolute atomic E-state index is 11.7. The summed E-state index contributed by atoms with van der Waals surface area (Å²) in [5.74, 6) is 0.743. The number of hydrogen-bond donors (Lipinski definition) is 2. The Morgan fingerprint density at radius 2 is 1.82 bits per heavy atom. The zero-order valence-electron chi connectivity index (χ0n) is 15.9. The van der Waals surface area contributed by atoms with Gasteiger partial charge in [0.15, 0.2) is 5.49 Å². The van der Waals surface area contributed by atoms with Crippen molar-refractivity contribution in [2.45, 2.75) is 13.5 Å². The van der Waals surface area contributed by atoms with Crippen molar-refractivity contribution in [3.8, 4) is 0 Å². The van der Waals surface area contributed by atoms with Gasteiger partial charge in [0.2, 0.25) is 0 Å². The Labute approximate surface area is 162 Å². The Balaban J connectivity index is 1.22. The molecule has 9 nitrogen and oxygen atoms in total. The Morgan fingerprint density at radius 1 is 1.04 bits per heavy atom. The lowest BCUT2D eigenvalue weighted by molar-refractivity contribution is 0.225. The maximum atomic E-state index is 11.7. The summed E-state index contributed by atoms with van der Waals surface area (Å²) in [4.78, 5) is 22.8. The number of hydrazine groups is 1. The van der Waals surface area contributed by atoms with E-state index in [1.807, 2.05) is 4.68 Å². The van der Waals surface area contributed by atoms with Crippen LogP contribution in [0.2, 0.25) is 0 Å². The van der Waals surface area contributed by atoms with Crippen molar-refractivity contribution in [2.24, 2.45) is 4.99 Å². The van der Waals surface area contributed by atoms with Crippen molar-refractivity contribution in [2.75, 3.05) is 44.3 Å². The van der Waals surface area contributed by atoms with Gasteiger partial charge in [0.25, 0.3) is 0 Å². The van der Waals surface area contributed by atoms with Crippen molar-refractivity contribution >= 4 is 17.5 Å². The standard InChI is InChI=1S/C19H24N8O/c1-14-2-4-15(5-3-14)25-9-6-24(7-10-25)8-11-27-17-16(12-21-27)18-22-23-19(28)26(18)13-20-17/h2-5,12,22H,6-11,13H2,1H3,(H,23,28). The fourth-order valence-corrected chi connectivity index (χ4v) is 3.93. The van der Waals surface area contributed by atoms with E-state index in [0.29, 0.717) is 6.67 Å². The number of carbonyl (C=O) groups is 1. The minimum Gasteiger partial charge on any atom is -0.369 e. The Bertz CT molecular complexity index is 1000. The van der Waals surface area contributed by atoms with Crippen LogP contribution in [0.15, 0.2) is 35.5 Å². The van der Waals surface area contributed by atoms with Crippen LogP contribution in [0.3, 0.4) is 0 Å². The van der Waals surface area contributed by atoms with Gasteiger partial charge in [0.05, 0.1) is 18.0 Å². The zero-order valence-corrected chi connectivity index (χ0v) is 15.9. The third-order valence-electron chi connectivity index (χ3n) is 5.63. The Morgan fingerprint density at radius 3 is 2.61 bits per heavy atom. The van der Waals surface area contributed by atoms with E-state index in [1.165, 1.54) is 11.3 Å². The van der Waals surface area contributed by atoms with Crippen molar-refractivity contribution in [1.29, 1.82) is 0 Å². The fraction of sp³-hybridized carbons (Fsp3) is 0.421. The molecular weight excluding hydrogens is 356 g/mol. The second-order valence-electron chi connectivity index (χ2n) is 7.40. The number of amides is 2. The minimum atomic E-state index is -0.177. The number of aryl methyl sites for hydroxylation is 1. The third-order valence-corrected chi connectivity index (χ3v) is 5.63. The van der Waals surface area contributed by atoms with Crippen molar-refractivity contribution in [3.05, 3.63) is 46.7 Å². The largest absolute Gasteiger partial charge is 0.369 e.